The Kier molecular flexibility index (Phi) is 10.1. The van der Waals surface area contributed by atoms with Gasteiger partial charge in [0.1, 0.15) is 0 Å². The van der Waals surface area contributed by atoms with Gasteiger partial charge in [-0.3, -0.25) is 20.3 Å². The van der Waals surface area contributed by atoms with Crippen LogP contribution >= 0.6 is 0 Å². The molecule has 2 heterocycles. The number of allylic oxidation sites excluding steroid dienone is 2. The van der Waals surface area contributed by atoms with Crippen LogP contribution in [0.25, 0.3) is 5.41 Å². The molecule has 172 valence electrons. The molecule has 0 radical (unpaired) electrons. The molecule has 10 nitrogen and oxygen atoms in total. The number of aliphatic imine (C=N–C) groups is 2. The number of esters is 2. The van der Waals surface area contributed by atoms with Crippen LogP contribution in [-0.2, 0) is 48.1 Å². The predicted molar refractivity (Wildman–Crippen MR) is 114 cm³/mol. The maximum atomic E-state index is 12.9. The van der Waals surface area contributed by atoms with E-state index in [1.807, 2.05) is 5.87 Å². The number of hydrogen-bond donors (Lipinski definition) is 0. The van der Waals surface area contributed by atoms with E-state index in [0.717, 1.165) is 0 Å². The molecule has 0 aromatic carbocycles. The number of methoxy groups -OCH3 is 2. The van der Waals surface area contributed by atoms with Crippen LogP contribution in [0.1, 0.15) is 52.9 Å². The standard InChI is InChI=1S/C22H26N3O7.Zn/c1-22(2,3)32-21(29)20-12(6-9-17(27)30-4)13(10-18(28)31-5)19(25-20)14(11-23)15-7-8-16(26)24-15;/h29H,6-10H2,1-5H3;/q-1;+2/p-1/b21-20+;. The zero-order valence-corrected chi connectivity index (χ0v) is 22.4. The summed E-state index contributed by atoms with van der Waals surface area (Å²) in [4.78, 5) is 43.8. The number of carbonyl (C=O) groups is 3. The average Bonchev–Trinajstić information content (AvgIpc) is 3.29. The molecule has 0 atom stereocenters. The molecule has 0 aliphatic carbocycles. The second-order valence-electron chi connectivity index (χ2n) is 8.04. The molecule has 1 amide bonds. The van der Waals surface area contributed by atoms with E-state index in [4.69, 9.17) is 9.47 Å². The first-order chi connectivity index (χ1) is 15.0. The van der Waals surface area contributed by atoms with Crippen LogP contribution in [0.15, 0.2) is 38.3 Å². The Hall–Kier alpha value is -2.90. The summed E-state index contributed by atoms with van der Waals surface area (Å²) in [7, 11) is 2.44. The molecule has 2 aliphatic heterocycles. The molecular weight excluding hydrogens is 484 g/mol. The summed E-state index contributed by atoms with van der Waals surface area (Å²) < 4.78 is 14.9. The number of amides is 1. The van der Waals surface area contributed by atoms with Crippen molar-refractivity contribution in [2.45, 2.75) is 58.5 Å². The van der Waals surface area contributed by atoms with Crippen LogP contribution in [0.4, 0.5) is 0 Å². The van der Waals surface area contributed by atoms with Crippen molar-refractivity contribution in [2.24, 2.45) is 9.98 Å². The molecule has 2 aliphatic rings. The van der Waals surface area contributed by atoms with Crippen LogP contribution in [0.3, 0.4) is 0 Å². The summed E-state index contributed by atoms with van der Waals surface area (Å²) in [6.45, 7) is 5.05. The van der Waals surface area contributed by atoms with E-state index in [-0.39, 0.29) is 91.3 Å². The quantitative estimate of drug-likeness (QED) is 0.209. The van der Waals surface area contributed by atoms with Gasteiger partial charge >= 0.3 is 31.4 Å². The second kappa shape index (κ2) is 11.8. The molecule has 0 spiro atoms. The Bertz CT molecular complexity index is 1010. The number of hydrogen-bond acceptors (Lipinski definition) is 8. The van der Waals surface area contributed by atoms with Gasteiger partial charge in [0.25, 0.3) is 0 Å². The van der Waals surface area contributed by atoms with Crippen LogP contribution in [0.5, 0.6) is 0 Å². The molecule has 0 bridgehead atoms. The summed E-state index contributed by atoms with van der Waals surface area (Å²) >= 11 is 0. The van der Waals surface area contributed by atoms with Gasteiger partial charge in [-0.25, -0.2) is 9.98 Å². The summed E-state index contributed by atoms with van der Waals surface area (Å²) in [5.74, 6) is -0.299. The van der Waals surface area contributed by atoms with Crippen molar-refractivity contribution >= 4 is 35.1 Å². The smallest absolute Gasteiger partial charge is 0.763 e. The van der Waals surface area contributed by atoms with Gasteiger partial charge in [0.2, 0.25) is 5.91 Å². The minimum atomic E-state index is -0.831. The summed E-state index contributed by atoms with van der Waals surface area (Å²) in [6.07, 6.45) is 0.0232. The van der Waals surface area contributed by atoms with Gasteiger partial charge in [0.15, 0.2) is 0 Å². The maximum absolute atomic E-state index is 12.9. The molecule has 0 fully saturated rings. The second-order valence-corrected chi connectivity index (χ2v) is 8.04. The van der Waals surface area contributed by atoms with Crippen molar-refractivity contribution in [3.05, 3.63) is 33.8 Å². The van der Waals surface area contributed by atoms with Gasteiger partial charge in [-0.15, -0.1) is 0 Å². The molecule has 0 saturated carbocycles. The number of nitrogens with zero attached hydrogens (tertiary/aromatic N) is 3. The SMILES string of the molecule is COC(=O)CCC1=C(CC(=O)OC)C(C(=C=[N-])C2=NC(=O)CC2)=N/C1=C(\[O-])OC(C)(C)C.[Zn+2]. The van der Waals surface area contributed by atoms with Crippen molar-refractivity contribution in [1.82, 2.24) is 0 Å². The first-order valence-corrected chi connectivity index (χ1v) is 9.94. The van der Waals surface area contributed by atoms with Gasteiger partial charge in [-0.05, 0) is 24.0 Å². The van der Waals surface area contributed by atoms with Crippen molar-refractivity contribution in [3.63, 3.8) is 0 Å². The summed E-state index contributed by atoms with van der Waals surface area (Å²) in [5.41, 5.74) is -0.145. The van der Waals surface area contributed by atoms with E-state index in [1.165, 1.54) is 14.2 Å². The fraction of sp³-hybridized carbons (Fsp3) is 0.500. The molecule has 0 saturated heterocycles. The largest absolute Gasteiger partial charge is 2.00 e. The Labute approximate surface area is 204 Å². The normalized spacial score (nSPS) is 16.9. The van der Waals surface area contributed by atoms with Gasteiger partial charge in [0, 0.05) is 24.0 Å². The van der Waals surface area contributed by atoms with E-state index >= 15 is 0 Å². The van der Waals surface area contributed by atoms with E-state index in [2.05, 4.69) is 14.7 Å². The van der Waals surface area contributed by atoms with E-state index in [9.17, 15) is 24.9 Å². The van der Waals surface area contributed by atoms with Crippen LogP contribution in [0, 0.1) is 0 Å². The third-order valence-corrected chi connectivity index (χ3v) is 4.58. The number of carbonyl (C=O) groups excluding carboxylic acids is 3. The Balaban J connectivity index is 0.00000544. The molecule has 0 aromatic rings. The fourth-order valence-corrected chi connectivity index (χ4v) is 3.16. The van der Waals surface area contributed by atoms with Gasteiger partial charge in [0.05, 0.1) is 43.7 Å². The predicted octanol–water partition coefficient (Wildman–Crippen LogP) is 1.52. The minimum absolute atomic E-state index is 0. The van der Waals surface area contributed by atoms with Crippen LogP contribution in [-0.4, -0.2) is 55.0 Å². The van der Waals surface area contributed by atoms with Gasteiger partial charge in [-0.1, -0.05) is 20.8 Å². The third kappa shape index (κ3) is 7.30. The molecule has 2 rings (SSSR count). The zero-order chi connectivity index (χ0) is 24.1. The Morgan fingerprint density at radius 1 is 1.09 bits per heavy atom. The van der Waals surface area contributed by atoms with E-state index < -0.39 is 23.5 Å². The van der Waals surface area contributed by atoms with E-state index in [1.54, 1.807) is 20.8 Å². The number of ether oxygens (including phenoxy) is 3. The summed E-state index contributed by atoms with van der Waals surface area (Å²) in [5, 5.41) is 22.7. The van der Waals surface area contributed by atoms with Crippen molar-refractivity contribution < 1.29 is 53.2 Å². The monoisotopic (exact) mass is 507 g/mol. The average molecular weight is 509 g/mol. The third-order valence-electron chi connectivity index (χ3n) is 4.58. The van der Waals surface area contributed by atoms with Crippen LogP contribution < -0.4 is 5.11 Å². The van der Waals surface area contributed by atoms with Crippen molar-refractivity contribution in [1.29, 1.82) is 0 Å². The molecule has 11 heteroatoms. The first-order valence-electron chi connectivity index (χ1n) is 9.94. The zero-order valence-electron chi connectivity index (χ0n) is 19.4. The topological polar surface area (TPSA) is 149 Å². The molecule has 33 heavy (non-hydrogen) atoms. The summed E-state index contributed by atoms with van der Waals surface area (Å²) in [6, 6.07) is 0. The Morgan fingerprint density at radius 2 is 1.73 bits per heavy atom. The first kappa shape index (κ1) is 28.1. The molecular formula is C22H25N3O7Zn. The molecule has 0 N–H and O–H groups in total. The van der Waals surface area contributed by atoms with Gasteiger partial charge < -0.3 is 24.7 Å². The van der Waals surface area contributed by atoms with E-state index in [0.29, 0.717) is 0 Å². The minimum Gasteiger partial charge on any atom is -0.763 e. The molecule has 0 unspecified atom stereocenters. The maximum Gasteiger partial charge on any atom is 2.00 e. The van der Waals surface area contributed by atoms with Gasteiger partial charge in [-0.2, -0.15) is 0 Å². The Morgan fingerprint density at radius 3 is 2.21 bits per heavy atom. The van der Waals surface area contributed by atoms with Crippen molar-refractivity contribution in [3.8, 4) is 0 Å². The number of rotatable bonds is 8. The fourth-order valence-electron chi connectivity index (χ4n) is 3.16. The molecule has 0 aromatic heterocycles. The van der Waals surface area contributed by atoms with Crippen LogP contribution in [0.2, 0.25) is 0 Å². The van der Waals surface area contributed by atoms with Crippen molar-refractivity contribution in [2.75, 3.05) is 14.2 Å².